The lowest BCUT2D eigenvalue weighted by Gasteiger charge is -2.47. The minimum Gasteiger partial charge on any atom is -0.480 e. The Labute approximate surface area is 292 Å². The predicted octanol–water partition coefficient (Wildman–Crippen LogP) is 6.62. The lowest BCUT2D eigenvalue weighted by atomic mass is 9.73. The van der Waals surface area contributed by atoms with Crippen molar-refractivity contribution in [3.8, 4) is 18.2 Å². The summed E-state index contributed by atoms with van der Waals surface area (Å²) < 4.78 is 31.2. The molecule has 0 spiro atoms. The van der Waals surface area contributed by atoms with Gasteiger partial charge in [-0.15, -0.1) is 6.42 Å². The molecule has 2 heterocycles. The zero-order valence-electron chi connectivity index (χ0n) is 29.7. The maximum atomic E-state index is 15.8. The third-order valence-electron chi connectivity index (χ3n) is 7.95. The van der Waals surface area contributed by atoms with Crippen molar-refractivity contribution >= 4 is 48.7 Å². The van der Waals surface area contributed by atoms with Crippen LogP contribution in [0.25, 0.3) is 0 Å². The number of carboxylic acids is 1. The topological polar surface area (TPSA) is 153 Å². The van der Waals surface area contributed by atoms with Crippen molar-refractivity contribution in [1.82, 2.24) is 14.9 Å². The second kappa shape index (κ2) is 15.3. The number of hydrogen-bond donors (Lipinski definition) is 2. The molecule has 266 valence electrons. The summed E-state index contributed by atoms with van der Waals surface area (Å²) in [6.45, 7) is 18.3. The van der Waals surface area contributed by atoms with Crippen LogP contribution in [0.5, 0.6) is 5.88 Å². The number of benzene rings is 1. The molecule has 1 aliphatic rings. The van der Waals surface area contributed by atoms with E-state index in [0.29, 0.717) is 6.61 Å². The largest absolute Gasteiger partial charge is 0.480 e. The number of thioether (sulfide) groups is 1. The van der Waals surface area contributed by atoms with Gasteiger partial charge in [0, 0.05) is 31.8 Å². The fourth-order valence-electron chi connectivity index (χ4n) is 4.70. The number of amides is 2. The van der Waals surface area contributed by atoms with Gasteiger partial charge in [-0.2, -0.15) is 0 Å². The first-order valence-corrected chi connectivity index (χ1v) is 20.3. The van der Waals surface area contributed by atoms with Gasteiger partial charge in [0.2, 0.25) is 5.88 Å². The van der Waals surface area contributed by atoms with Crippen molar-refractivity contribution in [3.63, 3.8) is 0 Å². The molecule has 2 aromatic rings. The molecule has 1 aromatic carbocycles. The molecule has 0 fully saturated rings. The molecule has 1 unspecified atom stereocenters. The minimum atomic E-state index is -1.58. The van der Waals surface area contributed by atoms with E-state index in [0.717, 1.165) is 28.8 Å². The van der Waals surface area contributed by atoms with E-state index in [1.807, 2.05) is 0 Å². The molecule has 0 saturated heterocycles. The Morgan fingerprint density at radius 2 is 1.88 bits per heavy atom. The van der Waals surface area contributed by atoms with Crippen molar-refractivity contribution in [2.75, 3.05) is 18.7 Å². The summed E-state index contributed by atoms with van der Waals surface area (Å²) in [5, 5.41) is 13.2. The summed E-state index contributed by atoms with van der Waals surface area (Å²) in [5.41, 5.74) is -2.25. The molecule has 1 aliphatic heterocycles. The molecular formula is C34H46FN5O7SSi. The Morgan fingerprint density at radius 3 is 2.43 bits per heavy atom. The second-order valence-corrected chi connectivity index (χ2v) is 21.4. The molecule has 2 amide bonds. The lowest BCUT2D eigenvalue weighted by Crippen LogP contribution is -2.55. The number of halogens is 1. The first-order chi connectivity index (χ1) is 22.6. The number of nitrogens with one attached hydrogen (secondary N) is 1. The van der Waals surface area contributed by atoms with E-state index >= 15 is 4.39 Å². The summed E-state index contributed by atoms with van der Waals surface area (Å²) in [6.07, 6.45) is 6.47. The van der Waals surface area contributed by atoms with E-state index in [2.05, 4.69) is 40.8 Å². The molecule has 2 N–H and O–H groups in total. The Hall–Kier alpha value is -4.00. The zero-order chi connectivity index (χ0) is 36.9. The van der Waals surface area contributed by atoms with Gasteiger partial charge in [0.1, 0.15) is 28.6 Å². The Balaban J connectivity index is 2.05. The van der Waals surface area contributed by atoms with E-state index in [1.165, 1.54) is 31.5 Å². The minimum absolute atomic E-state index is 0.00155. The maximum Gasteiger partial charge on any atom is 0.418 e. The highest BCUT2D eigenvalue weighted by molar-refractivity contribution is 8.15. The number of terminal acetylenes is 1. The third kappa shape index (κ3) is 10.0. The van der Waals surface area contributed by atoms with Crippen LogP contribution >= 0.6 is 11.8 Å². The highest BCUT2D eigenvalue weighted by atomic mass is 32.2. The Morgan fingerprint density at radius 1 is 1.20 bits per heavy atom. The molecule has 0 saturated carbocycles. The molecule has 4 atom stereocenters. The summed E-state index contributed by atoms with van der Waals surface area (Å²) in [7, 11) is -1.47. The van der Waals surface area contributed by atoms with Crippen molar-refractivity contribution in [2.45, 2.75) is 96.1 Å². The number of carboxylic acid groups (broad SMARTS) is 1. The number of carbonyl (C=O) groups excluding carboxylic acids is 2. The summed E-state index contributed by atoms with van der Waals surface area (Å²) >= 11 is 0.873. The van der Waals surface area contributed by atoms with Gasteiger partial charge in [-0.1, -0.05) is 44.2 Å². The highest BCUT2D eigenvalue weighted by Gasteiger charge is 2.56. The fraction of sp³-hybridized carbons (Fsp3) is 0.529. The van der Waals surface area contributed by atoms with Crippen LogP contribution in [0.15, 0.2) is 35.6 Å². The molecule has 49 heavy (non-hydrogen) atoms. The van der Waals surface area contributed by atoms with E-state index in [-0.39, 0.29) is 34.7 Å². The molecule has 1 aromatic heterocycles. The van der Waals surface area contributed by atoms with Crippen LogP contribution in [-0.4, -0.2) is 81.0 Å². The van der Waals surface area contributed by atoms with Crippen LogP contribution < -0.4 is 10.1 Å². The van der Waals surface area contributed by atoms with E-state index in [4.69, 9.17) is 25.6 Å². The Bertz CT molecular complexity index is 1620. The number of hydrogen-bond acceptors (Lipinski definition) is 10. The Kier molecular flexibility index (Phi) is 12.3. The van der Waals surface area contributed by atoms with Gasteiger partial charge in [0.05, 0.1) is 17.9 Å². The van der Waals surface area contributed by atoms with Gasteiger partial charge in [-0.25, -0.2) is 24.1 Å². The number of aromatic nitrogens is 2. The summed E-state index contributed by atoms with van der Waals surface area (Å²) in [6, 6.07) is 4.74. The fourth-order valence-corrected chi connectivity index (χ4v) is 6.81. The van der Waals surface area contributed by atoms with Crippen LogP contribution in [0.4, 0.5) is 14.9 Å². The summed E-state index contributed by atoms with van der Waals surface area (Å²) in [4.78, 5) is 53.7. The van der Waals surface area contributed by atoms with E-state index in [9.17, 15) is 19.5 Å². The van der Waals surface area contributed by atoms with Crippen molar-refractivity contribution in [1.29, 1.82) is 0 Å². The molecule has 0 aliphatic carbocycles. The van der Waals surface area contributed by atoms with Gasteiger partial charge < -0.3 is 24.6 Å². The van der Waals surface area contributed by atoms with Crippen molar-refractivity contribution in [3.05, 3.63) is 47.7 Å². The molecular weight excluding hydrogens is 670 g/mol. The standard InChI is InChI=1S/C34H46FN5O7SSi/c1-12-21(2)46-27-19-36-26(18-37-27)28(41)38-23-13-14-25(35)24(17-23)33(7)22(3)34(8,29(42)43)48-30(39-33)40(31(44)47-32(4,5)6)20-45-15-16-49(9,10)11/h1,13-14,17-19,21-22H,15-16,20H2,2-11H3,(H,38,41)(H,42,43)/t21-,22?,33-,34-/m0/s1. The number of rotatable bonds is 11. The number of aliphatic imine (C=N–C) groups is 1. The number of anilines is 1. The average Bonchev–Trinajstić information content (AvgIpc) is 2.99. The quantitative estimate of drug-likeness (QED) is 0.112. The van der Waals surface area contributed by atoms with Crippen LogP contribution in [-0.2, 0) is 19.8 Å². The summed E-state index contributed by atoms with van der Waals surface area (Å²) in [5.74, 6) is -0.774. The molecule has 0 radical (unpaired) electrons. The van der Waals surface area contributed by atoms with Gasteiger partial charge in [0.25, 0.3) is 5.91 Å². The van der Waals surface area contributed by atoms with Crippen molar-refractivity contribution in [2.24, 2.45) is 10.9 Å². The van der Waals surface area contributed by atoms with Gasteiger partial charge in [0.15, 0.2) is 11.3 Å². The first kappa shape index (κ1) is 39.4. The van der Waals surface area contributed by atoms with Gasteiger partial charge >= 0.3 is 12.1 Å². The monoisotopic (exact) mass is 715 g/mol. The number of aliphatic carboxylic acids is 1. The van der Waals surface area contributed by atoms with Crippen LogP contribution in [0.2, 0.25) is 25.7 Å². The van der Waals surface area contributed by atoms with Gasteiger partial charge in [-0.05, 0) is 65.8 Å². The van der Waals surface area contributed by atoms with Crippen LogP contribution in [0.3, 0.4) is 0 Å². The van der Waals surface area contributed by atoms with E-state index in [1.54, 1.807) is 41.5 Å². The maximum absolute atomic E-state index is 15.8. The number of ether oxygens (including phenoxy) is 3. The highest BCUT2D eigenvalue weighted by Crippen LogP contribution is 2.52. The zero-order valence-corrected chi connectivity index (χ0v) is 31.5. The number of carbonyl (C=O) groups is 3. The predicted molar refractivity (Wildman–Crippen MR) is 190 cm³/mol. The SMILES string of the molecule is C#C[C@H](C)Oc1cnc(C(=O)Nc2ccc(F)c([C@@]3(C)N=C(N(COCC[Si](C)(C)C)C(=O)OC(C)(C)C)S[C@](C)(C(=O)O)C3C)c2)cn1. The third-order valence-corrected chi connectivity index (χ3v) is 11.1. The second-order valence-electron chi connectivity index (χ2n) is 14.3. The normalized spacial score (nSPS) is 21.5. The number of amidine groups is 1. The molecule has 3 rings (SSSR count). The average molecular weight is 716 g/mol. The van der Waals surface area contributed by atoms with E-state index < -0.39 is 59.8 Å². The van der Waals surface area contributed by atoms with Crippen molar-refractivity contribution < 1.29 is 38.1 Å². The van der Waals surface area contributed by atoms with Crippen LogP contribution in [0, 0.1) is 24.1 Å². The molecule has 15 heteroatoms. The molecule has 12 nitrogen and oxygen atoms in total. The number of nitrogens with zero attached hydrogens (tertiary/aromatic N) is 4. The lowest BCUT2D eigenvalue weighted by molar-refractivity contribution is -0.141. The molecule has 0 bridgehead atoms. The first-order valence-electron chi connectivity index (χ1n) is 15.8. The van der Waals surface area contributed by atoms with Crippen LogP contribution in [0.1, 0.15) is 64.5 Å². The smallest absolute Gasteiger partial charge is 0.418 e. The van der Waals surface area contributed by atoms with Gasteiger partial charge in [-0.3, -0.25) is 14.6 Å².